The first kappa shape index (κ1) is 15.8. The van der Waals surface area contributed by atoms with Gasteiger partial charge in [-0.2, -0.15) is 0 Å². The molecule has 1 N–H and O–H groups in total. The molecule has 0 aliphatic rings. The van der Waals surface area contributed by atoms with E-state index in [2.05, 4.69) is 0 Å². The summed E-state index contributed by atoms with van der Waals surface area (Å²) in [7, 11) is 5.57. The number of aryl methyl sites for hydroxylation is 1. The minimum Gasteiger partial charge on any atom is -0.480 e. The second kappa shape index (κ2) is 6.25. The molecule has 1 aromatic carbocycles. The number of fused-ring (bicyclic) bond motifs is 1. The third kappa shape index (κ3) is 3.19. The summed E-state index contributed by atoms with van der Waals surface area (Å²) < 4.78 is 2.04. The maximum absolute atomic E-state index is 11.2. The fourth-order valence-electron chi connectivity index (χ4n) is 2.29. The summed E-state index contributed by atoms with van der Waals surface area (Å²) >= 11 is 0. The Hall–Kier alpha value is -1.28. The Bertz CT molecular complexity index is 578. The van der Waals surface area contributed by atoms with Crippen LogP contribution in [0, 0.1) is 0 Å². The SMILES string of the molecule is CN(C)C(Cc1cn(C)c2ccccc12)C(=O)O.[Al]. The maximum Gasteiger partial charge on any atom is 0.321 e. The number of benzene rings is 1. The van der Waals surface area contributed by atoms with Crippen LogP contribution in [0.25, 0.3) is 10.9 Å². The van der Waals surface area contributed by atoms with Gasteiger partial charge < -0.3 is 9.67 Å². The first-order valence-corrected chi connectivity index (χ1v) is 5.93. The fourth-order valence-corrected chi connectivity index (χ4v) is 2.29. The molecule has 0 fully saturated rings. The molecule has 0 aliphatic heterocycles. The zero-order valence-corrected chi connectivity index (χ0v) is 12.7. The minimum absolute atomic E-state index is 0. The molecule has 0 spiro atoms. The summed E-state index contributed by atoms with van der Waals surface area (Å²) in [6.07, 6.45) is 2.54. The highest BCUT2D eigenvalue weighted by Gasteiger charge is 2.21. The molecular formula is C14H18AlN2O2. The van der Waals surface area contributed by atoms with Crippen molar-refractivity contribution < 1.29 is 9.90 Å². The molecule has 2 rings (SSSR count). The van der Waals surface area contributed by atoms with E-state index in [1.165, 1.54) is 0 Å². The average molecular weight is 273 g/mol. The number of aliphatic carboxylic acids is 1. The van der Waals surface area contributed by atoms with Crippen LogP contribution in [-0.4, -0.2) is 58.0 Å². The van der Waals surface area contributed by atoms with Crippen molar-refractivity contribution in [3.8, 4) is 0 Å². The number of hydrogen-bond donors (Lipinski definition) is 1. The highest BCUT2D eigenvalue weighted by molar-refractivity contribution is 5.85. The number of rotatable bonds is 4. The number of para-hydroxylation sites is 1. The molecule has 2 aromatic rings. The summed E-state index contributed by atoms with van der Waals surface area (Å²) in [6, 6.07) is 7.57. The van der Waals surface area contributed by atoms with Gasteiger partial charge in [0.15, 0.2) is 0 Å². The standard InChI is InChI=1S/C14H18N2O2.Al/c1-15(2)13(14(17)18)8-10-9-16(3)12-7-5-4-6-11(10)12;/h4-7,9,13H,8H2,1-3H3,(H,17,18);. The molecule has 0 bridgehead atoms. The van der Waals surface area contributed by atoms with Crippen molar-refractivity contribution in [1.29, 1.82) is 0 Å². The van der Waals surface area contributed by atoms with Gasteiger partial charge in [0.1, 0.15) is 6.04 Å². The van der Waals surface area contributed by atoms with E-state index in [1.54, 1.807) is 19.0 Å². The summed E-state index contributed by atoms with van der Waals surface area (Å²) in [5.41, 5.74) is 2.21. The van der Waals surface area contributed by atoms with E-state index in [9.17, 15) is 9.90 Å². The van der Waals surface area contributed by atoms with Crippen LogP contribution >= 0.6 is 0 Å². The van der Waals surface area contributed by atoms with E-state index in [-0.39, 0.29) is 17.4 Å². The van der Waals surface area contributed by atoms with Crippen LogP contribution in [0.5, 0.6) is 0 Å². The molecule has 5 heteroatoms. The first-order valence-electron chi connectivity index (χ1n) is 5.93. The Morgan fingerprint density at radius 3 is 2.58 bits per heavy atom. The highest BCUT2D eigenvalue weighted by atomic mass is 27.0. The van der Waals surface area contributed by atoms with E-state index in [0.717, 1.165) is 16.5 Å². The molecule has 0 aliphatic carbocycles. The Morgan fingerprint density at radius 1 is 1.37 bits per heavy atom. The molecule has 4 nitrogen and oxygen atoms in total. The van der Waals surface area contributed by atoms with Gasteiger partial charge in [0.2, 0.25) is 0 Å². The number of nitrogens with zero attached hydrogens (tertiary/aromatic N) is 2. The van der Waals surface area contributed by atoms with Crippen LogP contribution in [-0.2, 0) is 18.3 Å². The summed E-state index contributed by atoms with van der Waals surface area (Å²) in [4.78, 5) is 13.0. The average Bonchev–Trinajstić information content (AvgIpc) is 2.63. The van der Waals surface area contributed by atoms with Crippen molar-refractivity contribution >= 4 is 34.2 Å². The lowest BCUT2D eigenvalue weighted by Crippen LogP contribution is -2.37. The van der Waals surface area contributed by atoms with E-state index in [1.807, 2.05) is 42.1 Å². The van der Waals surface area contributed by atoms with Gasteiger partial charge in [0, 0.05) is 47.9 Å². The van der Waals surface area contributed by atoms with Gasteiger partial charge in [0.05, 0.1) is 0 Å². The van der Waals surface area contributed by atoms with Crippen LogP contribution in [0.1, 0.15) is 5.56 Å². The van der Waals surface area contributed by atoms with Crippen LogP contribution < -0.4 is 0 Å². The number of aromatic nitrogens is 1. The van der Waals surface area contributed by atoms with E-state index in [0.29, 0.717) is 6.42 Å². The Balaban J connectivity index is 0.00000180. The molecular weight excluding hydrogens is 255 g/mol. The predicted octanol–water partition coefficient (Wildman–Crippen LogP) is 1.35. The summed E-state index contributed by atoms with van der Waals surface area (Å²) in [5, 5.41) is 10.4. The molecule has 0 amide bonds. The lowest BCUT2D eigenvalue weighted by molar-refractivity contribution is -0.142. The minimum atomic E-state index is -0.784. The molecule has 1 aromatic heterocycles. The number of likely N-dealkylation sites (N-methyl/N-ethyl adjacent to an activating group) is 1. The van der Waals surface area contributed by atoms with Gasteiger partial charge in [-0.05, 0) is 25.7 Å². The van der Waals surface area contributed by atoms with Crippen molar-refractivity contribution in [2.75, 3.05) is 14.1 Å². The first-order chi connectivity index (χ1) is 8.50. The van der Waals surface area contributed by atoms with Gasteiger partial charge in [0.25, 0.3) is 0 Å². The van der Waals surface area contributed by atoms with Gasteiger partial charge in [-0.25, -0.2) is 0 Å². The molecule has 0 saturated carbocycles. The zero-order valence-electron chi connectivity index (χ0n) is 11.5. The molecule has 0 saturated heterocycles. The smallest absolute Gasteiger partial charge is 0.321 e. The van der Waals surface area contributed by atoms with Gasteiger partial charge in [-0.1, -0.05) is 18.2 Å². The molecule has 1 heterocycles. The second-order valence-electron chi connectivity index (χ2n) is 4.80. The number of carboxylic acid groups (broad SMARTS) is 1. The Kier molecular flexibility index (Phi) is 5.19. The van der Waals surface area contributed by atoms with E-state index >= 15 is 0 Å². The topological polar surface area (TPSA) is 45.5 Å². The fraction of sp³-hybridized carbons (Fsp3) is 0.357. The molecule has 99 valence electrons. The van der Waals surface area contributed by atoms with E-state index in [4.69, 9.17) is 0 Å². The third-order valence-electron chi connectivity index (χ3n) is 3.30. The van der Waals surface area contributed by atoms with Crippen molar-refractivity contribution in [3.05, 3.63) is 36.0 Å². The van der Waals surface area contributed by atoms with Crippen LogP contribution in [0.4, 0.5) is 0 Å². The summed E-state index contributed by atoms with van der Waals surface area (Å²) in [6.45, 7) is 0. The van der Waals surface area contributed by atoms with Crippen molar-refractivity contribution in [2.45, 2.75) is 12.5 Å². The normalized spacial score (nSPS) is 12.4. The second-order valence-corrected chi connectivity index (χ2v) is 4.80. The Labute approximate surface area is 123 Å². The lowest BCUT2D eigenvalue weighted by atomic mass is 10.0. The van der Waals surface area contributed by atoms with Crippen molar-refractivity contribution in [1.82, 2.24) is 9.47 Å². The van der Waals surface area contributed by atoms with Gasteiger partial charge in [-0.15, -0.1) is 0 Å². The zero-order chi connectivity index (χ0) is 13.3. The van der Waals surface area contributed by atoms with E-state index < -0.39 is 12.0 Å². The van der Waals surface area contributed by atoms with Crippen LogP contribution in [0.15, 0.2) is 30.5 Å². The largest absolute Gasteiger partial charge is 0.480 e. The molecule has 19 heavy (non-hydrogen) atoms. The van der Waals surface area contributed by atoms with Gasteiger partial charge in [-0.3, -0.25) is 9.69 Å². The number of carbonyl (C=O) groups is 1. The molecule has 1 atom stereocenters. The highest BCUT2D eigenvalue weighted by Crippen LogP contribution is 2.22. The number of carboxylic acids is 1. The van der Waals surface area contributed by atoms with Crippen molar-refractivity contribution in [2.24, 2.45) is 7.05 Å². The van der Waals surface area contributed by atoms with Gasteiger partial charge >= 0.3 is 5.97 Å². The third-order valence-corrected chi connectivity index (χ3v) is 3.30. The molecule has 3 radical (unpaired) electrons. The van der Waals surface area contributed by atoms with Crippen LogP contribution in [0.2, 0.25) is 0 Å². The summed E-state index contributed by atoms with van der Waals surface area (Å²) in [5.74, 6) is -0.784. The quantitative estimate of drug-likeness (QED) is 0.855. The lowest BCUT2D eigenvalue weighted by Gasteiger charge is -2.19. The van der Waals surface area contributed by atoms with Crippen molar-refractivity contribution in [3.63, 3.8) is 0 Å². The van der Waals surface area contributed by atoms with Crippen LogP contribution in [0.3, 0.4) is 0 Å². The monoisotopic (exact) mass is 273 g/mol. The molecule has 1 unspecified atom stereocenters. The maximum atomic E-state index is 11.2. The predicted molar refractivity (Wildman–Crippen MR) is 77.5 cm³/mol. The number of hydrogen-bond acceptors (Lipinski definition) is 2. The Morgan fingerprint density at radius 2 is 2.00 bits per heavy atom.